The highest BCUT2D eigenvalue weighted by Gasteiger charge is 2.30. The standard InChI is InChI=1S/C25H17F5N2O2S/c1-14-23(35-24-21(29)19(27)18(26)20(28)22(24)30)25(32(31-14)16-10-6-3-7-11-16)34-17(33)13-12-15-8-4-2-5-9-15/h2-11H,12-13H2,1H3. The minimum atomic E-state index is -2.26. The Kier molecular flexibility index (Phi) is 7.20. The molecule has 0 N–H and O–H groups in total. The summed E-state index contributed by atoms with van der Waals surface area (Å²) < 4.78 is 76.6. The number of para-hydroxylation sites is 1. The van der Waals surface area contributed by atoms with Crippen molar-refractivity contribution in [3.63, 3.8) is 0 Å². The van der Waals surface area contributed by atoms with Crippen molar-refractivity contribution in [1.82, 2.24) is 9.78 Å². The number of benzene rings is 3. The van der Waals surface area contributed by atoms with Crippen LogP contribution < -0.4 is 4.74 Å². The molecule has 3 aromatic carbocycles. The highest BCUT2D eigenvalue weighted by molar-refractivity contribution is 7.99. The molecule has 0 aliphatic heterocycles. The number of carbonyl (C=O) groups is 1. The van der Waals surface area contributed by atoms with E-state index in [1.807, 2.05) is 30.3 Å². The van der Waals surface area contributed by atoms with E-state index in [-0.39, 0.29) is 34.7 Å². The van der Waals surface area contributed by atoms with Crippen LogP contribution >= 0.6 is 11.8 Å². The fourth-order valence-electron chi connectivity index (χ4n) is 3.27. The van der Waals surface area contributed by atoms with E-state index in [0.717, 1.165) is 5.56 Å². The molecule has 180 valence electrons. The van der Waals surface area contributed by atoms with Gasteiger partial charge in [0.25, 0.3) is 0 Å². The third-order valence-corrected chi connectivity index (χ3v) is 6.25. The summed E-state index contributed by atoms with van der Waals surface area (Å²) in [5.74, 6) is -11.2. The van der Waals surface area contributed by atoms with Crippen molar-refractivity contribution in [3.05, 3.63) is 101 Å². The first-order valence-corrected chi connectivity index (χ1v) is 11.2. The van der Waals surface area contributed by atoms with Crippen molar-refractivity contribution in [2.75, 3.05) is 0 Å². The number of rotatable bonds is 7. The Morgan fingerprint density at radius 2 is 1.37 bits per heavy atom. The van der Waals surface area contributed by atoms with Gasteiger partial charge in [-0.3, -0.25) is 4.79 Å². The molecule has 0 saturated heterocycles. The van der Waals surface area contributed by atoms with E-state index in [0.29, 0.717) is 12.1 Å². The Hall–Kier alpha value is -3.66. The molecular weight excluding hydrogens is 487 g/mol. The Morgan fingerprint density at radius 3 is 1.97 bits per heavy atom. The van der Waals surface area contributed by atoms with Gasteiger partial charge in [-0.25, -0.2) is 22.0 Å². The smallest absolute Gasteiger partial charge is 0.312 e. The van der Waals surface area contributed by atoms with E-state index in [1.54, 1.807) is 30.3 Å². The van der Waals surface area contributed by atoms with Crippen LogP contribution in [0.3, 0.4) is 0 Å². The molecule has 0 radical (unpaired) electrons. The number of carbonyl (C=O) groups excluding carboxylic acids is 1. The summed E-state index contributed by atoms with van der Waals surface area (Å²) in [5.41, 5.74) is 1.52. The summed E-state index contributed by atoms with van der Waals surface area (Å²) in [6.07, 6.45) is 0.355. The zero-order valence-electron chi connectivity index (χ0n) is 18.2. The Labute approximate surface area is 201 Å². The summed E-state index contributed by atoms with van der Waals surface area (Å²) in [6, 6.07) is 17.6. The quantitative estimate of drug-likeness (QED) is 0.124. The Balaban J connectivity index is 1.73. The molecule has 4 rings (SSSR count). The van der Waals surface area contributed by atoms with Crippen molar-refractivity contribution in [1.29, 1.82) is 0 Å². The Bertz CT molecular complexity index is 1350. The van der Waals surface area contributed by atoms with Gasteiger partial charge in [0.15, 0.2) is 23.3 Å². The predicted octanol–water partition coefficient (Wildman–Crippen LogP) is 6.57. The topological polar surface area (TPSA) is 44.1 Å². The maximum Gasteiger partial charge on any atom is 0.312 e. The van der Waals surface area contributed by atoms with Crippen molar-refractivity contribution in [2.45, 2.75) is 29.6 Å². The highest BCUT2D eigenvalue weighted by Crippen LogP contribution is 2.42. The fourth-order valence-corrected chi connectivity index (χ4v) is 4.24. The van der Waals surface area contributed by atoms with Gasteiger partial charge < -0.3 is 4.74 Å². The lowest BCUT2D eigenvalue weighted by molar-refractivity contribution is -0.134. The molecule has 0 aliphatic rings. The number of nitrogens with zero attached hydrogens (tertiary/aromatic N) is 2. The molecule has 4 nitrogen and oxygen atoms in total. The van der Waals surface area contributed by atoms with E-state index in [9.17, 15) is 26.7 Å². The molecule has 4 aromatic rings. The van der Waals surface area contributed by atoms with Gasteiger partial charge in [-0.2, -0.15) is 9.78 Å². The lowest BCUT2D eigenvalue weighted by atomic mass is 10.1. The zero-order chi connectivity index (χ0) is 25.1. The monoisotopic (exact) mass is 504 g/mol. The number of ether oxygens (including phenoxy) is 1. The zero-order valence-corrected chi connectivity index (χ0v) is 19.0. The molecule has 0 fully saturated rings. The van der Waals surface area contributed by atoms with E-state index in [4.69, 9.17) is 4.74 Å². The van der Waals surface area contributed by atoms with Gasteiger partial charge in [0.05, 0.1) is 27.6 Å². The average Bonchev–Trinajstić information content (AvgIpc) is 3.18. The van der Waals surface area contributed by atoms with Crippen LogP contribution in [0.5, 0.6) is 5.88 Å². The first-order valence-electron chi connectivity index (χ1n) is 10.4. The van der Waals surface area contributed by atoms with Crippen LogP contribution in [0.2, 0.25) is 0 Å². The molecule has 35 heavy (non-hydrogen) atoms. The molecule has 1 heterocycles. The van der Waals surface area contributed by atoms with Crippen molar-refractivity contribution < 1.29 is 31.5 Å². The maximum absolute atomic E-state index is 14.4. The normalized spacial score (nSPS) is 11.0. The van der Waals surface area contributed by atoms with Gasteiger partial charge in [-0.05, 0) is 31.0 Å². The molecule has 0 unspecified atom stereocenters. The van der Waals surface area contributed by atoms with E-state index >= 15 is 0 Å². The third kappa shape index (κ3) is 5.07. The first-order chi connectivity index (χ1) is 16.8. The fraction of sp³-hybridized carbons (Fsp3) is 0.120. The van der Waals surface area contributed by atoms with Crippen LogP contribution in [0.15, 0.2) is 70.5 Å². The summed E-state index contributed by atoms with van der Waals surface area (Å²) in [6.45, 7) is 1.47. The van der Waals surface area contributed by atoms with E-state index in [1.165, 1.54) is 11.6 Å². The number of aromatic nitrogens is 2. The van der Waals surface area contributed by atoms with Gasteiger partial charge in [0, 0.05) is 0 Å². The Morgan fingerprint density at radius 1 is 0.829 bits per heavy atom. The van der Waals surface area contributed by atoms with Crippen molar-refractivity contribution >= 4 is 17.7 Å². The predicted molar refractivity (Wildman–Crippen MR) is 119 cm³/mol. The highest BCUT2D eigenvalue weighted by atomic mass is 32.2. The van der Waals surface area contributed by atoms with Gasteiger partial charge in [0.1, 0.15) is 0 Å². The largest absolute Gasteiger partial charge is 0.406 e. The summed E-state index contributed by atoms with van der Waals surface area (Å²) in [4.78, 5) is 11.5. The second-order valence-electron chi connectivity index (χ2n) is 7.43. The van der Waals surface area contributed by atoms with Crippen LogP contribution in [0, 0.1) is 36.0 Å². The number of hydrogen-bond acceptors (Lipinski definition) is 4. The van der Waals surface area contributed by atoms with Crippen molar-refractivity contribution in [3.8, 4) is 11.6 Å². The molecule has 0 amide bonds. The molecule has 0 atom stereocenters. The van der Waals surface area contributed by atoms with Crippen LogP contribution in [0.1, 0.15) is 17.7 Å². The lowest BCUT2D eigenvalue weighted by Crippen LogP contribution is -2.13. The average molecular weight is 504 g/mol. The van der Waals surface area contributed by atoms with Crippen molar-refractivity contribution in [2.24, 2.45) is 0 Å². The molecule has 0 aliphatic carbocycles. The van der Waals surface area contributed by atoms with Gasteiger partial charge in [-0.15, -0.1) is 0 Å². The van der Waals surface area contributed by atoms with Crippen LogP contribution in [0.25, 0.3) is 5.69 Å². The molecule has 1 aromatic heterocycles. The summed E-state index contributed by atoms with van der Waals surface area (Å²) in [5, 5.41) is 4.28. The summed E-state index contributed by atoms with van der Waals surface area (Å²) in [7, 11) is 0. The number of hydrogen-bond donors (Lipinski definition) is 0. The van der Waals surface area contributed by atoms with E-state index < -0.39 is 40.0 Å². The number of esters is 1. The van der Waals surface area contributed by atoms with Crippen LogP contribution in [-0.2, 0) is 11.2 Å². The van der Waals surface area contributed by atoms with Crippen LogP contribution in [0.4, 0.5) is 22.0 Å². The number of aryl methyl sites for hydroxylation is 2. The van der Waals surface area contributed by atoms with Gasteiger partial charge >= 0.3 is 5.97 Å². The molecule has 0 spiro atoms. The molecular formula is C25H17F5N2O2S. The second kappa shape index (κ2) is 10.3. The number of halogens is 5. The minimum Gasteiger partial charge on any atom is -0.406 e. The summed E-state index contributed by atoms with van der Waals surface area (Å²) >= 11 is 0.246. The minimum absolute atomic E-state index is 0.0182. The molecule has 0 bridgehead atoms. The lowest BCUT2D eigenvalue weighted by Gasteiger charge is -2.11. The van der Waals surface area contributed by atoms with Gasteiger partial charge in [-0.1, -0.05) is 60.3 Å². The molecule has 10 heteroatoms. The van der Waals surface area contributed by atoms with Gasteiger partial charge in [0.2, 0.25) is 11.7 Å². The second-order valence-corrected chi connectivity index (χ2v) is 8.45. The van der Waals surface area contributed by atoms with E-state index in [2.05, 4.69) is 5.10 Å². The first kappa shape index (κ1) is 24.5. The maximum atomic E-state index is 14.4. The third-order valence-electron chi connectivity index (χ3n) is 5.01. The SMILES string of the molecule is Cc1nn(-c2ccccc2)c(OC(=O)CCc2ccccc2)c1Sc1c(F)c(F)c(F)c(F)c1F. The van der Waals surface area contributed by atoms with Crippen LogP contribution in [-0.4, -0.2) is 15.7 Å². The molecule has 0 saturated carbocycles.